The Balaban J connectivity index is 6.35. The highest BCUT2D eigenvalue weighted by molar-refractivity contribution is 7.98. The van der Waals surface area contributed by atoms with Gasteiger partial charge in [-0.25, -0.2) is 4.79 Å². The van der Waals surface area contributed by atoms with Crippen LogP contribution in [0.5, 0.6) is 0 Å². The molecule has 0 saturated heterocycles. The molecule has 14 amide bonds. The average Bonchev–Trinajstić information content (AvgIpc) is 1.03. The second-order valence-electron chi connectivity index (χ2n) is 22.9. The van der Waals surface area contributed by atoms with E-state index in [4.69, 9.17) is 17.2 Å². The summed E-state index contributed by atoms with van der Waals surface area (Å²) in [4.78, 5) is 219. The lowest BCUT2D eigenvalue weighted by molar-refractivity contribution is -0.143. The SMILES string of the molecule is CSCC[C@H](N)C(=O)N[C@@H](CC(=O)O)C(=O)N[C@H](C(=O)N[C@@H](CCC(N)=O)C(=O)N[C@@H](CC(C)C)C(=O)N[C@@H](CCC(N)=O)C(=O)N[C@@H](CCC(=O)O)C(=O)N[C@@H](CO)C(=O)NCC(=O)NCC(=O)NCC(=O)N[C@@H](CC(C)C)C(=O)N[C@H](C(=O)O)C(C)C)C(C)C. The van der Waals surface area contributed by atoms with Gasteiger partial charge in [0.25, 0.3) is 0 Å². The molecular weight excluding hydrogens is 1240 g/mol. The van der Waals surface area contributed by atoms with Crippen LogP contribution < -0.4 is 81.0 Å². The van der Waals surface area contributed by atoms with Crippen molar-refractivity contribution >= 4 is 112 Å². The van der Waals surface area contributed by atoms with Crippen LogP contribution in [-0.4, -0.2) is 220 Å². The molecule has 0 aromatic heterocycles. The molecule has 0 aliphatic carbocycles. The Hall–Kier alpha value is -8.74. The maximum Gasteiger partial charge on any atom is 0.326 e. The Morgan fingerprint density at radius 1 is 0.391 bits per heavy atom. The highest BCUT2D eigenvalue weighted by Crippen LogP contribution is 2.13. The monoisotopic (exact) mass is 1330 g/mol. The van der Waals surface area contributed by atoms with Gasteiger partial charge in [-0.15, -0.1) is 0 Å². The number of nitrogens with two attached hydrogens (primary N) is 3. The Labute approximate surface area is 535 Å². The summed E-state index contributed by atoms with van der Waals surface area (Å²) in [5.74, 6) is -19.9. The molecule has 0 saturated carbocycles. The van der Waals surface area contributed by atoms with E-state index in [-0.39, 0.29) is 25.2 Å². The molecule has 0 bridgehead atoms. The standard InChI is InChI=1S/C55H93N15O21S/c1-25(2)18-33(52(87)70-45(28(7)8)55(90)91)62-41(76)23-60-39(74)21-59-40(75)22-61-47(82)36(24-71)68-50(85)32(12-15-42(77)78)63-48(83)30(10-13-37(57)72)64-51(86)34(19-26(3)4)67-49(84)31(11-14-38(58)73)65-54(89)44(27(5)6)69-53(88)35(20-43(79)80)66-46(81)29(56)16-17-92-9/h25-36,44-45,71H,10-24,56H2,1-9H3,(H2,57,72)(H2,58,73)(H,59,75)(H,60,74)(H,61,82)(H,62,76)(H,63,83)(H,64,86)(H,65,89)(H,66,81)(H,67,84)(H,68,85)(H,69,88)(H,70,87)(H,77,78)(H,79,80)(H,90,91)/t29-,30-,31-,32-,33-,34-,35-,36-,44-,45-/m0/s1. The molecule has 0 rings (SSSR count). The number of aliphatic hydroxyl groups is 1. The zero-order chi connectivity index (χ0) is 70.7. The number of carbonyl (C=O) groups excluding carboxylic acids is 14. The van der Waals surface area contributed by atoms with Crippen LogP contribution >= 0.6 is 11.8 Å². The molecule has 0 aliphatic heterocycles. The largest absolute Gasteiger partial charge is 0.481 e. The lowest BCUT2D eigenvalue weighted by Gasteiger charge is -2.29. The minimum Gasteiger partial charge on any atom is -0.481 e. The van der Waals surface area contributed by atoms with Crippen molar-refractivity contribution in [2.75, 3.05) is 38.2 Å². The maximum atomic E-state index is 14.1. The van der Waals surface area contributed by atoms with Crippen molar-refractivity contribution < 1.29 is 102 Å². The first-order valence-electron chi connectivity index (χ1n) is 29.5. The van der Waals surface area contributed by atoms with Gasteiger partial charge in [0.05, 0.1) is 38.7 Å². The van der Waals surface area contributed by atoms with E-state index in [1.807, 2.05) is 0 Å². The minimum atomic E-state index is -1.88. The van der Waals surface area contributed by atoms with Crippen LogP contribution in [0.4, 0.5) is 0 Å². The predicted molar refractivity (Wildman–Crippen MR) is 327 cm³/mol. The van der Waals surface area contributed by atoms with Crippen molar-refractivity contribution in [3.8, 4) is 0 Å². The first-order chi connectivity index (χ1) is 42.8. The average molecular weight is 1330 g/mol. The summed E-state index contributed by atoms with van der Waals surface area (Å²) in [5, 5.41) is 66.1. The van der Waals surface area contributed by atoms with Crippen LogP contribution in [0.3, 0.4) is 0 Å². The van der Waals surface area contributed by atoms with Gasteiger partial charge in [0, 0.05) is 19.3 Å². The summed E-state index contributed by atoms with van der Waals surface area (Å²) in [5.41, 5.74) is 16.6. The van der Waals surface area contributed by atoms with Crippen molar-refractivity contribution in [2.24, 2.45) is 40.9 Å². The van der Waals surface area contributed by atoms with Crippen LogP contribution in [0.1, 0.15) is 120 Å². The number of carbonyl (C=O) groups is 17. The molecule has 0 radical (unpaired) electrons. The van der Waals surface area contributed by atoms with Gasteiger partial charge in [-0.2, -0.15) is 11.8 Å². The number of hydrogen-bond donors (Lipinski definition) is 19. The van der Waals surface area contributed by atoms with E-state index in [1.165, 1.54) is 25.6 Å². The lowest BCUT2D eigenvalue weighted by atomic mass is 9.99. The Morgan fingerprint density at radius 3 is 1.17 bits per heavy atom. The van der Waals surface area contributed by atoms with E-state index < -0.39 is 250 Å². The summed E-state index contributed by atoms with van der Waals surface area (Å²) in [7, 11) is 0. The molecule has 0 fully saturated rings. The molecule has 92 heavy (non-hydrogen) atoms. The van der Waals surface area contributed by atoms with Crippen LogP contribution in [0.15, 0.2) is 0 Å². The topological polar surface area (TPSA) is 594 Å². The number of aliphatic hydroxyl groups excluding tert-OH is 1. The molecule has 0 aromatic carbocycles. The molecule has 0 unspecified atom stereocenters. The number of carboxylic acid groups (broad SMARTS) is 3. The normalized spacial score (nSPS) is 14.3. The van der Waals surface area contributed by atoms with E-state index >= 15 is 0 Å². The number of hydrogen-bond acceptors (Lipinski definition) is 20. The van der Waals surface area contributed by atoms with Gasteiger partial charge >= 0.3 is 17.9 Å². The zero-order valence-corrected chi connectivity index (χ0v) is 53.9. The highest BCUT2D eigenvalue weighted by atomic mass is 32.2. The quantitative estimate of drug-likeness (QED) is 0.0269. The number of nitrogens with one attached hydrogen (secondary N) is 12. The van der Waals surface area contributed by atoms with Gasteiger partial charge in [-0.05, 0) is 74.2 Å². The lowest BCUT2D eigenvalue weighted by Crippen LogP contribution is -2.61. The minimum absolute atomic E-state index is 0.117. The van der Waals surface area contributed by atoms with E-state index in [9.17, 15) is 102 Å². The van der Waals surface area contributed by atoms with Crippen LogP contribution in [0.25, 0.3) is 0 Å². The summed E-state index contributed by atoms with van der Waals surface area (Å²) in [6.07, 6.45) is -2.68. The van der Waals surface area contributed by atoms with Gasteiger partial charge < -0.3 is 101 Å². The zero-order valence-electron chi connectivity index (χ0n) is 53.1. The third-order valence-corrected chi connectivity index (χ3v) is 13.8. The summed E-state index contributed by atoms with van der Waals surface area (Å²) in [6, 6.07) is -15.5. The molecule has 0 heterocycles. The number of amides is 14. The molecule has 22 N–H and O–H groups in total. The third kappa shape index (κ3) is 34.5. The van der Waals surface area contributed by atoms with E-state index in [0.717, 1.165) is 0 Å². The van der Waals surface area contributed by atoms with Gasteiger partial charge in [0.15, 0.2) is 0 Å². The summed E-state index contributed by atoms with van der Waals surface area (Å²) in [6.45, 7) is 9.47. The predicted octanol–water partition coefficient (Wildman–Crippen LogP) is -6.87. The summed E-state index contributed by atoms with van der Waals surface area (Å²) >= 11 is 1.39. The second-order valence-corrected chi connectivity index (χ2v) is 23.9. The second kappa shape index (κ2) is 43.1. The first kappa shape index (κ1) is 83.3. The number of carboxylic acids is 3. The molecule has 0 aromatic rings. The van der Waals surface area contributed by atoms with Gasteiger partial charge in [-0.3, -0.25) is 76.7 Å². The third-order valence-electron chi connectivity index (χ3n) is 13.2. The smallest absolute Gasteiger partial charge is 0.326 e. The van der Waals surface area contributed by atoms with Gasteiger partial charge in [0.1, 0.15) is 54.4 Å². The van der Waals surface area contributed by atoms with Crippen molar-refractivity contribution in [2.45, 2.75) is 180 Å². The molecule has 0 spiro atoms. The van der Waals surface area contributed by atoms with Crippen molar-refractivity contribution in [1.29, 1.82) is 0 Å². The Bertz CT molecular complexity index is 2610. The molecular formula is C55H93N15O21S. The van der Waals surface area contributed by atoms with Crippen LogP contribution in [0.2, 0.25) is 0 Å². The van der Waals surface area contributed by atoms with E-state index in [0.29, 0.717) is 5.75 Å². The van der Waals surface area contributed by atoms with Crippen molar-refractivity contribution in [1.82, 2.24) is 63.8 Å². The van der Waals surface area contributed by atoms with Crippen molar-refractivity contribution in [3.63, 3.8) is 0 Å². The van der Waals surface area contributed by atoms with E-state index in [1.54, 1.807) is 47.8 Å². The first-order valence-corrected chi connectivity index (χ1v) is 30.8. The number of rotatable bonds is 46. The molecule has 37 heteroatoms. The molecule has 10 atom stereocenters. The fourth-order valence-electron chi connectivity index (χ4n) is 8.21. The van der Waals surface area contributed by atoms with Crippen LogP contribution in [-0.2, 0) is 81.5 Å². The maximum absolute atomic E-state index is 14.1. The fourth-order valence-corrected chi connectivity index (χ4v) is 8.70. The summed E-state index contributed by atoms with van der Waals surface area (Å²) < 4.78 is 0. The number of aliphatic carboxylic acids is 3. The Morgan fingerprint density at radius 2 is 0.761 bits per heavy atom. The molecule has 36 nitrogen and oxygen atoms in total. The van der Waals surface area contributed by atoms with Gasteiger partial charge in [-0.1, -0.05) is 55.4 Å². The number of thioether (sulfide) groups is 1. The van der Waals surface area contributed by atoms with Gasteiger partial charge in [0.2, 0.25) is 82.7 Å². The van der Waals surface area contributed by atoms with Crippen molar-refractivity contribution in [3.05, 3.63) is 0 Å². The van der Waals surface area contributed by atoms with E-state index in [2.05, 4.69) is 63.8 Å². The highest BCUT2D eigenvalue weighted by Gasteiger charge is 2.37. The number of primary amides is 2. The van der Waals surface area contributed by atoms with Crippen LogP contribution in [0, 0.1) is 23.7 Å². The molecule has 0 aliphatic rings. The molecule has 520 valence electrons. The fraction of sp³-hybridized carbons (Fsp3) is 0.691. The Kier molecular flexibility index (Phi) is 39.0.